The van der Waals surface area contributed by atoms with Crippen LogP contribution in [0.15, 0.2) is 48.5 Å². The molecule has 0 fully saturated rings. The Hall–Kier alpha value is -3.41. The van der Waals surface area contributed by atoms with Crippen LogP contribution in [0.25, 0.3) is 10.9 Å². The topological polar surface area (TPSA) is 74.7 Å². The number of rotatable bonds is 6. The molecular formula is C21H19NO5. The van der Waals surface area contributed by atoms with Crippen molar-refractivity contribution in [3.8, 4) is 11.5 Å². The number of carbonyl (C=O) groups is 2. The number of methoxy groups -OCH3 is 2. The number of fused-ring (bicyclic) bond motifs is 1. The van der Waals surface area contributed by atoms with E-state index in [9.17, 15) is 9.59 Å². The summed E-state index contributed by atoms with van der Waals surface area (Å²) >= 11 is 0. The molecule has 3 aromatic rings. The van der Waals surface area contributed by atoms with Crippen LogP contribution in [0.1, 0.15) is 33.3 Å². The summed E-state index contributed by atoms with van der Waals surface area (Å²) in [5, 5.41) is 0.759. The molecule has 2 aromatic carbocycles. The second-order valence-corrected chi connectivity index (χ2v) is 5.70. The molecule has 0 spiro atoms. The van der Waals surface area contributed by atoms with Crippen molar-refractivity contribution in [3.05, 3.63) is 65.4 Å². The van der Waals surface area contributed by atoms with Gasteiger partial charge >= 0.3 is 5.97 Å². The van der Waals surface area contributed by atoms with Gasteiger partial charge in [0.05, 0.1) is 31.9 Å². The van der Waals surface area contributed by atoms with Crippen molar-refractivity contribution in [2.75, 3.05) is 20.8 Å². The van der Waals surface area contributed by atoms with Gasteiger partial charge in [-0.1, -0.05) is 18.2 Å². The zero-order valence-corrected chi connectivity index (χ0v) is 15.3. The third kappa shape index (κ3) is 3.60. The molecule has 1 aromatic heterocycles. The molecular weight excluding hydrogens is 346 g/mol. The molecule has 0 N–H and O–H groups in total. The van der Waals surface area contributed by atoms with E-state index in [1.807, 2.05) is 18.2 Å². The van der Waals surface area contributed by atoms with E-state index in [4.69, 9.17) is 14.2 Å². The number of benzene rings is 2. The molecule has 6 nitrogen and oxygen atoms in total. The van der Waals surface area contributed by atoms with Crippen LogP contribution >= 0.6 is 0 Å². The van der Waals surface area contributed by atoms with Gasteiger partial charge in [0, 0.05) is 10.9 Å². The largest absolute Gasteiger partial charge is 0.493 e. The number of esters is 1. The molecule has 0 radical (unpaired) electrons. The van der Waals surface area contributed by atoms with Crippen molar-refractivity contribution < 1.29 is 23.8 Å². The van der Waals surface area contributed by atoms with Gasteiger partial charge in [0.1, 0.15) is 0 Å². The van der Waals surface area contributed by atoms with Crippen LogP contribution in [0.3, 0.4) is 0 Å². The van der Waals surface area contributed by atoms with Crippen molar-refractivity contribution in [2.24, 2.45) is 0 Å². The number of para-hydroxylation sites is 1. The number of ether oxygens (including phenoxy) is 3. The summed E-state index contributed by atoms with van der Waals surface area (Å²) in [6, 6.07) is 13.8. The predicted octanol–water partition coefficient (Wildman–Crippen LogP) is 3.66. The van der Waals surface area contributed by atoms with E-state index in [0.717, 1.165) is 5.39 Å². The third-order valence-corrected chi connectivity index (χ3v) is 4.08. The Morgan fingerprint density at radius 3 is 2.41 bits per heavy atom. The average molecular weight is 365 g/mol. The summed E-state index contributed by atoms with van der Waals surface area (Å²) in [6.45, 7) is 1.89. The first-order valence-corrected chi connectivity index (χ1v) is 8.42. The van der Waals surface area contributed by atoms with E-state index in [0.29, 0.717) is 22.6 Å². The summed E-state index contributed by atoms with van der Waals surface area (Å²) in [6.07, 6.45) is 0. The summed E-state index contributed by atoms with van der Waals surface area (Å²) in [5.74, 6) is -0.0459. The van der Waals surface area contributed by atoms with Crippen LogP contribution in [0.4, 0.5) is 0 Å². The number of nitrogens with zero attached hydrogens (tertiary/aromatic N) is 1. The van der Waals surface area contributed by atoms with Gasteiger partial charge in [0.2, 0.25) is 0 Å². The molecule has 0 aliphatic rings. The highest BCUT2D eigenvalue weighted by molar-refractivity contribution is 6.15. The van der Waals surface area contributed by atoms with Gasteiger partial charge < -0.3 is 14.2 Å². The van der Waals surface area contributed by atoms with Gasteiger partial charge in [-0.05, 0) is 37.3 Å². The summed E-state index contributed by atoms with van der Waals surface area (Å²) in [7, 11) is 3.01. The SMILES string of the molecule is CCOC(=O)c1nc2ccccc2cc1C(=O)c1ccc(OC)c(OC)c1. The lowest BCUT2D eigenvalue weighted by atomic mass is 9.99. The van der Waals surface area contributed by atoms with Crippen LogP contribution < -0.4 is 9.47 Å². The Bertz CT molecular complexity index is 1010. The van der Waals surface area contributed by atoms with E-state index in [-0.39, 0.29) is 23.6 Å². The average Bonchev–Trinajstić information content (AvgIpc) is 2.71. The zero-order valence-electron chi connectivity index (χ0n) is 15.3. The predicted molar refractivity (Wildman–Crippen MR) is 101 cm³/mol. The van der Waals surface area contributed by atoms with Crippen LogP contribution in [-0.2, 0) is 4.74 Å². The first-order chi connectivity index (χ1) is 13.1. The monoisotopic (exact) mass is 365 g/mol. The summed E-state index contributed by atoms with van der Waals surface area (Å²) in [4.78, 5) is 29.9. The lowest BCUT2D eigenvalue weighted by molar-refractivity contribution is 0.0517. The number of hydrogen-bond acceptors (Lipinski definition) is 6. The van der Waals surface area contributed by atoms with Crippen LogP contribution in [-0.4, -0.2) is 37.6 Å². The van der Waals surface area contributed by atoms with E-state index in [1.54, 1.807) is 37.3 Å². The second kappa shape index (κ2) is 7.86. The molecule has 0 aliphatic carbocycles. The highest BCUT2D eigenvalue weighted by Gasteiger charge is 2.23. The van der Waals surface area contributed by atoms with E-state index in [1.165, 1.54) is 14.2 Å². The number of ketones is 1. The normalized spacial score (nSPS) is 10.5. The maximum Gasteiger partial charge on any atom is 0.357 e. The molecule has 0 unspecified atom stereocenters. The Morgan fingerprint density at radius 1 is 0.963 bits per heavy atom. The smallest absolute Gasteiger partial charge is 0.357 e. The fraction of sp³-hybridized carbons (Fsp3) is 0.190. The van der Waals surface area contributed by atoms with Crippen molar-refractivity contribution >= 4 is 22.7 Å². The fourth-order valence-electron chi connectivity index (χ4n) is 2.78. The van der Waals surface area contributed by atoms with Crippen LogP contribution in [0.2, 0.25) is 0 Å². The van der Waals surface area contributed by atoms with E-state index >= 15 is 0 Å². The molecule has 138 valence electrons. The van der Waals surface area contributed by atoms with Gasteiger partial charge in [-0.15, -0.1) is 0 Å². The summed E-state index contributed by atoms with van der Waals surface area (Å²) in [5.41, 5.74) is 1.15. The number of pyridine rings is 1. The van der Waals surface area contributed by atoms with Crippen LogP contribution in [0, 0.1) is 0 Å². The minimum atomic E-state index is -0.632. The lowest BCUT2D eigenvalue weighted by Crippen LogP contribution is -2.15. The molecule has 0 saturated heterocycles. The third-order valence-electron chi connectivity index (χ3n) is 4.08. The van der Waals surface area contributed by atoms with Gasteiger partial charge in [0.25, 0.3) is 0 Å². The maximum absolute atomic E-state index is 13.1. The van der Waals surface area contributed by atoms with E-state index < -0.39 is 5.97 Å². The standard InChI is InChI=1S/C21H19NO5/c1-4-27-21(24)19-15(11-13-7-5-6-8-16(13)22-19)20(23)14-9-10-17(25-2)18(12-14)26-3/h5-12H,4H2,1-3H3. The fourth-order valence-corrected chi connectivity index (χ4v) is 2.78. The zero-order chi connectivity index (χ0) is 19.4. The number of carbonyl (C=O) groups excluding carboxylic acids is 2. The van der Waals surface area contributed by atoms with Crippen molar-refractivity contribution in [1.82, 2.24) is 4.98 Å². The first kappa shape index (κ1) is 18.4. The molecule has 0 saturated carbocycles. The van der Waals surface area contributed by atoms with E-state index in [2.05, 4.69) is 4.98 Å². The lowest BCUT2D eigenvalue weighted by Gasteiger charge is -2.11. The quantitative estimate of drug-likeness (QED) is 0.490. The maximum atomic E-state index is 13.1. The Labute approximate surface area is 156 Å². The van der Waals surface area contributed by atoms with Gasteiger partial charge in [-0.25, -0.2) is 9.78 Å². The van der Waals surface area contributed by atoms with Crippen molar-refractivity contribution in [3.63, 3.8) is 0 Å². The number of aromatic nitrogens is 1. The van der Waals surface area contributed by atoms with Crippen molar-refractivity contribution in [2.45, 2.75) is 6.92 Å². The molecule has 0 aliphatic heterocycles. The molecule has 0 bridgehead atoms. The molecule has 3 rings (SSSR count). The van der Waals surface area contributed by atoms with Gasteiger partial charge in [-0.3, -0.25) is 4.79 Å². The Balaban J connectivity index is 2.15. The molecule has 27 heavy (non-hydrogen) atoms. The second-order valence-electron chi connectivity index (χ2n) is 5.70. The molecule has 1 heterocycles. The minimum absolute atomic E-state index is 0.00432. The first-order valence-electron chi connectivity index (χ1n) is 8.42. The van der Waals surface area contributed by atoms with Gasteiger partial charge in [0.15, 0.2) is 23.0 Å². The summed E-state index contributed by atoms with van der Waals surface area (Å²) < 4.78 is 15.6. The van der Waals surface area contributed by atoms with Crippen molar-refractivity contribution in [1.29, 1.82) is 0 Å². The molecule has 6 heteroatoms. The van der Waals surface area contributed by atoms with Crippen LogP contribution in [0.5, 0.6) is 11.5 Å². The Morgan fingerprint density at radius 2 is 1.70 bits per heavy atom. The Kier molecular flexibility index (Phi) is 5.35. The highest BCUT2D eigenvalue weighted by atomic mass is 16.5. The number of hydrogen-bond donors (Lipinski definition) is 0. The molecule has 0 atom stereocenters. The molecule has 0 amide bonds. The minimum Gasteiger partial charge on any atom is -0.493 e. The van der Waals surface area contributed by atoms with Gasteiger partial charge in [-0.2, -0.15) is 0 Å². The highest BCUT2D eigenvalue weighted by Crippen LogP contribution is 2.29.